The minimum atomic E-state index is 0.147. The third-order valence-corrected chi connectivity index (χ3v) is 3.15. The van der Waals surface area contributed by atoms with Crippen molar-refractivity contribution >= 4 is 17.7 Å². The lowest BCUT2D eigenvalue weighted by atomic mass is 9.93. The highest BCUT2D eigenvalue weighted by Gasteiger charge is 2.11. The Labute approximate surface area is 128 Å². The lowest BCUT2D eigenvalue weighted by molar-refractivity contribution is 0.563. The van der Waals surface area contributed by atoms with E-state index in [1.54, 1.807) is 0 Å². The number of isocyanates is 2. The van der Waals surface area contributed by atoms with Crippen LogP contribution in [-0.4, -0.2) is 25.2 Å². The summed E-state index contributed by atoms with van der Waals surface area (Å²) in [4.78, 5) is 28.2. The van der Waals surface area contributed by atoms with Gasteiger partial charge >= 0.3 is 0 Å². The van der Waals surface area contributed by atoms with E-state index in [-0.39, 0.29) is 13.1 Å². The highest BCUT2D eigenvalue weighted by molar-refractivity contribution is 5.82. The molecule has 0 unspecified atom stereocenters. The average molecular weight is 290 g/mol. The fraction of sp³-hybridized carbons (Fsp3) is 0.111. The maximum Gasteiger partial charge on any atom is 0.235 e. The molecule has 0 bridgehead atoms. The van der Waals surface area contributed by atoms with E-state index in [2.05, 4.69) is 9.98 Å². The van der Waals surface area contributed by atoms with Crippen molar-refractivity contribution in [2.45, 2.75) is 0 Å². The van der Waals surface area contributed by atoms with Gasteiger partial charge in [0, 0.05) is 0 Å². The molecule has 0 atom stereocenters. The number of aliphatic imine (C=N–C) groups is 2. The SMILES string of the molecule is O=C=NCC(CN=C=O)=C(c1ccccc1)c1ccccc1. The first kappa shape index (κ1) is 15.3. The van der Waals surface area contributed by atoms with Crippen molar-refractivity contribution in [3.63, 3.8) is 0 Å². The third-order valence-electron chi connectivity index (χ3n) is 3.15. The molecular weight excluding hydrogens is 276 g/mol. The molecule has 0 aliphatic carbocycles. The van der Waals surface area contributed by atoms with Crippen LogP contribution in [0.5, 0.6) is 0 Å². The molecule has 2 rings (SSSR count). The van der Waals surface area contributed by atoms with Crippen LogP contribution in [0.15, 0.2) is 76.2 Å². The highest BCUT2D eigenvalue weighted by atomic mass is 16.1. The topological polar surface area (TPSA) is 58.9 Å². The van der Waals surface area contributed by atoms with Crippen molar-refractivity contribution in [2.75, 3.05) is 13.1 Å². The molecule has 0 saturated carbocycles. The van der Waals surface area contributed by atoms with Crippen LogP contribution in [0.3, 0.4) is 0 Å². The third kappa shape index (κ3) is 3.97. The van der Waals surface area contributed by atoms with E-state index >= 15 is 0 Å². The van der Waals surface area contributed by atoms with Crippen LogP contribution < -0.4 is 0 Å². The molecule has 0 aliphatic rings. The summed E-state index contributed by atoms with van der Waals surface area (Å²) in [7, 11) is 0. The summed E-state index contributed by atoms with van der Waals surface area (Å²) >= 11 is 0. The zero-order chi connectivity index (χ0) is 15.6. The zero-order valence-corrected chi connectivity index (χ0v) is 11.9. The molecule has 0 spiro atoms. The van der Waals surface area contributed by atoms with Crippen molar-refractivity contribution in [3.05, 3.63) is 77.4 Å². The predicted octanol–water partition coefficient (Wildman–Crippen LogP) is 3.16. The number of hydrogen-bond donors (Lipinski definition) is 0. The smallest absolute Gasteiger partial charge is 0.211 e. The molecule has 4 nitrogen and oxygen atoms in total. The fourth-order valence-corrected chi connectivity index (χ4v) is 2.25. The van der Waals surface area contributed by atoms with Crippen LogP contribution in [0.1, 0.15) is 11.1 Å². The zero-order valence-electron chi connectivity index (χ0n) is 11.9. The second kappa shape index (κ2) is 8.28. The number of hydrogen-bond acceptors (Lipinski definition) is 4. The van der Waals surface area contributed by atoms with Crippen LogP contribution >= 0.6 is 0 Å². The van der Waals surface area contributed by atoms with Crippen molar-refractivity contribution in [1.29, 1.82) is 0 Å². The number of rotatable bonds is 6. The summed E-state index contributed by atoms with van der Waals surface area (Å²) in [5, 5.41) is 0. The van der Waals surface area contributed by atoms with Gasteiger partial charge in [-0.1, -0.05) is 60.7 Å². The van der Waals surface area contributed by atoms with E-state index in [0.717, 1.165) is 22.3 Å². The van der Waals surface area contributed by atoms with Gasteiger partial charge in [0.15, 0.2) is 0 Å². The normalized spacial score (nSPS) is 9.27. The lowest BCUT2D eigenvalue weighted by Gasteiger charge is -2.13. The molecule has 0 aliphatic heterocycles. The first-order valence-corrected chi connectivity index (χ1v) is 6.77. The quantitative estimate of drug-likeness (QED) is 0.606. The van der Waals surface area contributed by atoms with E-state index < -0.39 is 0 Å². The fourth-order valence-electron chi connectivity index (χ4n) is 2.25. The van der Waals surface area contributed by atoms with E-state index in [0.29, 0.717) is 0 Å². The van der Waals surface area contributed by atoms with Gasteiger partial charge in [-0.05, 0) is 22.3 Å². The largest absolute Gasteiger partial charge is 0.235 e. The Kier molecular flexibility index (Phi) is 5.77. The Morgan fingerprint density at radius 2 is 1.14 bits per heavy atom. The molecule has 0 aromatic heterocycles. The van der Waals surface area contributed by atoms with Crippen molar-refractivity contribution in [2.24, 2.45) is 9.98 Å². The molecule has 2 aromatic rings. The van der Waals surface area contributed by atoms with Crippen LogP contribution in [0.4, 0.5) is 0 Å². The van der Waals surface area contributed by atoms with Gasteiger partial charge in [-0.15, -0.1) is 0 Å². The monoisotopic (exact) mass is 290 g/mol. The van der Waals surface area contributed by atoms with Gasteiger partial charge in [0.2, 0.25) is 12.2 Å². The van der Waals surface area contributed by atoms with Crippen LogP contribution in [-0.2, 0) is 9.59 Å². The van der Waals surface area contributed by atoms with Gasteiger partial charge in [-0.25, -0.2) is 19.6 Å². The Hall–Kier alpha value is -3.06. The minimum Gasteiger partial charge on any atom is -0.211 e. The minimum absolute atomic E-state index is 0.147. The standard InChI is InChI=1S/C18H14N2O2/c21-13-19-11-17(12-20-14-22)18(15-7-3-1-4-8-15)16-9-5-2-6-10-16/h1-10H,11-12H2. The molecule has 0 heterocycles. The lowest BCUT2D eigenvalue weighted by Crippen LogP contribution is -2.01. The summed E-state index contributed by atoms with van der Waals surface area (Å²) in [6, 6.07) is 19.5. The molecule has 0 fully saturated rings. The first-order chi connectivity index (χ1) is 10.9. The molecule has 0 N–H and O–H groups in total. The maximum absolute atomic E-state index is 10.5. The van der Waals surface area contributed by atoms with Gasteiger partial charge < -0.3 is 0 Å². The van der Waals surface area contributed by atoms with E-state index in [4.69, 9.17) is 0 Å². The van der Waals surface area contributed by atoms with Crippen molar-refractivity contribution in [1.82, 2.24) is 0 Å². The summed E-state index contributed by atoms with van der Waals surface area (Å²) < 4.78 is 0. The Morgan fingerprint density at radius 3 is 1.50 bits per heavy atom. The van der Waals surface area contributed by atoms with Crippen molar-refractivity contribution in [3.8, 4) is 0 Å². The molecule has 4 heteroatoms. The molecular formula is C18H14N2O2. The molecule has 108 valence electrons. The molecule has 0 amide bonds. The average Bonchev–Trinajstić information content (AvgIpc) is 2.59. The second-order valence-corrected chi connectivity index (χ2v) is 4.53. The Morgan fingerprint density at radius 1 is 0.727 bits per heavy atom. The molecule has 0 radical (unpaired) electrons. The maximum atomic E-state index is 10.5. The number of benzene rings is 2. The van der Waals surface area contributed by atoms with Gasteiger partial charge in [0.25, 0.3) is 0 Å². The Balaban J connectivity index is 2.64. The number of carbonyl (C=O) groups excluding carboxylic acids is 2. The van der Waals surface area contributed by atoms with Crippen LogP contribution in [0.2, 0.25) is 0 Å². The van der Waals surface area contributed by atoms with Gasteiger partial charge in [-0.2, -0.15) is 0 Å². The molecule has 22 heavy (non-hydrogen) atoms. The number of nitrogens with zero attached hydrogens (tertiary/aromatic N) is 2. The van der Waals surface area contributed by atoms with E-state index in [9.17, 15) is 9.59 Å². The first-order valence-electron chi connectivity index (χ1n) is 6.77. The predicted molar refractivity (Wildman–Crippen MR) is 84.9 cm³/mol. The van der Waals surface area contributed by atoms with Crippen molar-refractivity contribution < 1.29 is 9.59 Å². The summed E-state index contributed by atoms with van der Waals surface area (Å²) in [5.41, 5.74) is 3.64. The highest BCUT2D eigenvalue weighted by Crippen LogP contribution is 2.27. The molecule has 0 saturated heterocycles. The summed E-state index contributed by atoms with van der Waals surface area (Å²) in [6.45, 7) is 0.293. The molecule has 2 aromatic carbocycles. The van der Waals surface area contributed by atoms with E-state index in [1.165, 1.54) is 12.2 Å². The van der Waals surface area contributed by atoms with Gasteiger partial charge in [-0.3, -0.25) is 0 Å². The van der Waals surface area contributed by atoms with E-state index in [1.807, 2.05) is 60.7 Å². The van der Waals surface area contributed by atoms with Gasteiger partial charge in [0.05, 0.1) is 13.1 Å². The summed E-state index contributed by atoms with van der Waals surface area (Å²) in [5.74, 6) is 0. The van der Waals surface area contributed by atoms with Gasteiger partial charge in [0.1, 0.15) is 0 Å². The van der Waals surface area contributed by atoms with Crippen LogP contribution in [0.25, 0.3) is 5.57 Å². The summed E-state index contributed by atoms with van der Waals surface area (Å²) in [6.07, 6.45) is 3.07. The second-order valence-electron chi connectivity index (χ2n) is 4.53. The Bertz CT molecular complexity index is 676. The van der Waals surface area contributed by atoms with Crippen LogP contribution in [0, 0.1) is 0 Å².